The maximum Gasteiger partial charge on any atom is 0.191 e. The predicted octanol–water partition coefficient (Wildman–Crippen LogP) is 1.86. The summed E-state index contributed by atoms with van der Waals surface area (Å²) >= 11 is 0. The van der Waals surface area contributed by atoms with Crippen molar-refractivity contribution in [3.63, 3.8) is 0 Å². The molecule has 0 spiro atoms. The lowest BCUT2D eigenvalue weighted by Gasteiger charge is -2.22. The molecule has 1 aromatic rings. The van der Waals surface area contributed by atoms with E-state index in [1.165, 1.54) is 0 Å². The van der Waals surface area contributed by atoms with E-state index in [2.05, 4.69) is 47.4 Å². The summed E-state index contributed by atoms with van der Waals surface area (Å²) in [5, 5.41) is 6.73. The van der Waals surface area contributed by atoms with Crippen molar-refractivity contribution in [2.45, 2.75) is 33.4 Å². The quantitative estimate of drug-likeness (QED) is 0.637. The highest BCUT2D eigenvalue weighted by Gasteiger charge is 2.10. The third-order valence-corrected chi connectivity index (χ3v) is 3.33. The summed E-state index contributed by atoms with van der Waals surface area (Å²) in [5.74, 6) is 2.36. The molecule has 1 aromatic heterocycles. The molecule has 5 nitrogen and oxygen atoms in total. The molecule has 0 bridgehead atoms. The van der Waals surface area contributed by atoms with E-state index in [0.29, 0.717) is 18.5 Å². The average molecular weight is 277 g/mol. The second kappa shape index (κ2) is 7.72. The molecule has 0 aliphatic rings. The molecule has 5 heteroatoms. The SMILES string of the molecule is CN=C(NCc1cccnc1N(C)C)NC(C)C(C)C. The summed E-state index contributed by atoms with van der Waals surface area (Å²) in [6.07, 6.45) is 1.81. The normalized spacial score (nSPS) is 13.2. The average Bonchev–Trinajstić information content (AvgIpc) is 2.43. The topological polar surface area (TPSA) is 52.6 Å². The first-order valence-electron chi connectivity index (χ1n) is 7.04. The molecule has 0 amide bonds. The lowest BCUT2D eigenvalue weighted by atomic mass is 10.1. The molecule has 2 N–H and O–H groups in total. The fraction of sp³-hybridized carbons (Fsp3) is 0.600. The Morgan fingerprint density at radius 1 is 1.35 bits per heavy atom. The molecule has 0 saturated carbocycles. The first-order valence-corrected chi connectivity index (χ1v) is 7.04. The van der Waals surface area contributed by atoms with Gasteiger partial charge in [0.2, 0.25) is 0 Å². The van der Waals surface area contributed by atoms with Gasteiger partial charge in [0, 0.05) is 45.5 Å². The maximum absolute atomic E-state index is 4.40. The molecule has 0 radical (unpaired) electrons. The Labute approximate surface area is 122 Å². The predicted molar refractivity (Wildman–Crippen MR) is 86.2 cm³/mol. The van der Waals surface area contributed by atoms with E-state index in [-0.39, 0.29) is 0 Å². The Hall–Kier alpha value is -1.78. The first kappa shape index (κ1) is 16.3. The van der Waals surface area contributed by atoms with Crippen LogP contribution in [0.3, 0.4) is 0 Å². The number of nitrogens with one attached hydrogen (secondary N) is 2. The molecule has 0 saturated heterocycles. The van der Waals surface area contributed by atoms with Gasteiger partial charge in [-0.1, -0.05) is 19.9 Å². The molecule has 1 unspecified atom stereocenters. The van der Waals surface area contributed by atoms with Crippen molar-refractivity contribution in [2.24, 2.45) is 10.9 Å². The van der Waals surface area contributed by atoms with Crippen LogP contribution in [0, 0.1) is 5.92 Å². The Balaban J connectivity index is 2.66. The van der Waals surface area contributed by atoms with Gasteiger partial charge in [0.1, 0.15) is 5.82 Å². The Bertz CT molecular complexity index is 440. The largest absolute Gasteiger partial charge is 0.362 e. The smallest absolute Gasteiger partial charge is 0.191 e. The van der Waals surface area contributed by atoms with E-state index in [1.54, 1.807) is 7.05 Å². The van der Waals surface area contributed by atoms with Crippen molar-refractivity contribution < 1.29 is 0 Å². The molecule has 1 atom stereocenters. The van der Waals surface area contributed by atoms with Gasteiger partial charge in [-0.25, -0.2) is 4.98 Å². The van der Waals surface area contributed by atoms with Gasteiger partial charge in [-0.3, -0.25) is 4.99 Å². The van der Waals surface area contributed by atoms with Gasteiger partial charge in [0.25, 0.3) is 0 Å². The summed E-state index contributed by atoms with van der Waals surface area (Å²) < 4.78 is 0. The van der Waals surface area contributed by atoms with Crippen molar-refractivity contribution in [3.05, 3.63) is 23.9 Å². The zero-order valence-corrected chi connectivity index (χ0v) is 13.4. The van der Waals surface area contributed by atoms with E-state index in [1.807, 2.05) is 31.3 Å². The van der Waals surface area contributed by atoms with Crippen LogP contribution in [0.5, 0.6) is 0 Å². The van der Waals surface area contributed by atoms with Crippen molar-refractivity contribution >= 4 is 11.8 Å². The van der Waals surface area contributed by atoms with Crippen LogP contribution in [0.15, 0.2) is 23.3 Å². The standard InChI is InChI=1S/C15H27N5/c1-11(2)12(3)19-15(16-4)18-10-13-8-7-9-17-14(13)20(5)6/h7-9,11-12H,10H2,1-6H3,(H2,16,18,19). The summed E-state index contributed by atoms with van der Waals surface area (Å²) in [5.41, 5.74) is 1.15. The molecule has 1 heterocycles. The number of hydrogen-bond donors (Lipinski definition) is 2. The minimum absolute atomic E-state index is 0.378. The van der Waals surface area contributed by atoms with Gasteiger partial charge in [0.15, 0.2) is 5.96 Å². The lowest BCUT2D eigenvalue weighted by Crippen LogP contribution is -2.44. The molecule has 0 fully saturated rings. The van der Waals surface area contributed by atoms with Gasteiger partial charge >= 0.3 is 0 Å². The third-order valence-electron chi connectivity index (χ3n) is 3.33. The van der Waals surface area contributed by atoms with E-state index in [9.17, 15) is 0 Å². The second-order valence-electron chi connectivity index (χ2n) is 5.48. The highest BCUT2D eigenvalue weighted by atomic mass is 15.2. The van der Waals surface area contributed by atoms with Gasteiger partial charge in [-0.15, -0.1) is 0 Å². The number of pyridine rings is 1. The summed E-state index contributed by atoms with van der Waals surface area (Å²) in [6, 6.07) is 4.41. The number of aliphatic imine (C=N–C) groups is 1. The van der Waals surface area contributed by atoms with Crippen LogP contribution in [0.4, 0.5) is 5.82 Å². The zero-order chi connectivity index (χ0) is 15.1. The number of hydrogen-bond acceptors (Lipinski definition) is 3. The third kappa shape index (κ3) is 4.72. The fourth-order valence-electron chi connectivity index (χ4n) is 1.73. The van der Waals surface area contributed by atoms with Crippen LogP contribution in [-0.2, 0) is 6.54 Å². The van der Waals surface area contributed by atoms with Crippen LogP contribution in [0.2, 0.25) is 0 Å². The van der Waals surface area contributed by atoms with Crippen LogP contribution in [0.1, 0.15) is 26.3 Å². The molecule has 0 aromatic carbocycles. The Kier molecular flexibility index (Phi) is 6.28. The molecule has 0 aliphatic carbocycles. The summed E-state index contributed by atoms with van der Waals surface area (Å²) in [6.45, 7) is 7.24. The Morgan fingerprint density at radius 3 is 2.60 bits per heavy atom. The number of rotatable bonds is 5. The van der Waals surface area contributed by atoms with Crippen LogP contribution in [0.25, 0.3) is 0 Å². The van der Waals surface area contributed by atoms with E-state index >= 15 is 0 Å². The molecule has 112 valence electrons. The van der Waals surface area contributed by atoms with Crippen LogP contribution < -0.4 is 15.5 Å². The van der Waals surface area contributed by atoms with Crippen molar-refractivity contribution in [2.75, 3.05) is 26.0 Å². The summed E-state index contributed by atoms with van der Waals surface area (Å²) in [7, 11) is 5.79. The summed E-state index contributed by atoms with van der Waals surface area (Å²) in [4.78, 5) is 10.7. The second-order valence-corrected chi connectivity index (χ2v) is 5.48. The minimum Gasteiger partial charge on any atom is -0.362 e. The molecule has 20 heavy (non-hydrogen) atoms. The highest BCUT2D eigenvalue weighted by molar-refractivity contribution is 5.80. The van der Waals surface area contributed by atoms with E-state index in [4.69, 9.17) is 0 Å². The maximum atomic E-state index is 4.40. The zero-order valence-electron chi connectivity index (χ0n) is 13.4. The number of anilines is 1. The molecular formula is C15H27N5. The van der Waals surface area contributed by atoms with Gasteiger partial charge in [-0.2, -0.15) is 0 Å². The van der Waals surface area contributed by atoms with Crippen molar-refractivity contribution in [1.82, 2.24) is 15.6 Å². The number of aromatic nitrogens is 1. The Morgan fingerprint density at radius 2 is 2.05 bits per heavy atom. The van der Waals surface area contributed by atoms with Crippen LogP contribution in [-0.4, -0.2) is 38.1 Å². The number of nitrogens with zero attached hydrogens (tertiary/aromatic N) is 3. The first-order chi connectivity index (χ1) is 9.45. The van der Waals surface area contributed by atoms with E-state index < -0.39 is 0 Å². The van der Waals surface area contributed by atoms with Gasteiger partial charge in [0.05, 0.1) is 0 Å². The fourth-order valence-corrected chi connectivity index (χ4v) is 1.73. The molecule has 1 rings (SSSR count). The highest BCUT2D eigenvalue weighted by Crippen LogP contribution is 2.13. The molecular weight excluding hydrogens is 250 g/mol. The van der Waals surface area contributed by atoms with Crippen molar-refractivity contribution in [3.8, 4) is 0 Å². The molecule has 0 aliphatic heterocycles. The lowest BCUT2D eigenvalue weighted by molar-refractivity contribution is 0.481. The monoisotopic (exact) mass is 277 g/mol. The van der Waals surface area contributed by atoms with Crippen molar-refractivity contribution in [1.29, 1.82) is 0 Å². The van der Waals surface area contributed by atoms with Gasteiger partial charge in [-0.05, 0) is 18.9 Å². The van der Waals surface area contributed by atoms with Crippen LogP contribution >= 0.6 is 0 Å². The minimum atomic E-state index is 0.378. The van der Waals surface area contributed by atoms with E-state index in [0.717, 1.165) is 17.3 Å². The number of guanidine groups is 1. The van der Waals surface area contributed by atoms with Gasteiger partial charge < -0.3 is 15.5 Å².